The highest BCUT2D eigenvalue weighted by atomic mass is 35.5. The number of nitrogens with one attached hydrogen (secondary N) is 1. The van der Waals surface area contributed by atoms with Crippen LogP contribution in [0, 0.1) is 0 Å². The van der Waals surface area contributed by atoms with Gasteiger partial charge >= 0.3 is 0 Å². The zero-order valence-corrected chi connectivity index (χ0v) is 13.9. The van der Waals surface area contributed by atoms with Crippen LogP contribution in [0.1, 0.15) is 19.4 Å². The van der Waals surface area contributed by atoms with E-state index in [4.69, 9.17) is 23.2 Å². The lowest BCUT2D eigenvalue weighted by Gasteiger charge is -2.26. The second kappa shape index (κ2) is 5.97. The molecule has 0 fully saturated rings. The topological polar surface area (TPSA) is 46.2 Å². The number of halogens is 2. The maximum absolute atomic E-state index is 12.4. The van der Waals surface area contributed by atoms with Crippen molar-refractivity contribution in [2.45, 2.75) is 24.3 Å². The second-order valence-corrected chi connectivity index (χ2v) is 7.75. The summed E-state index contributed by atoms with van der Waals surface area (Å²) in [5.41, 5.74) is 0.0627. The third-order valence-corrected chi connectivity index (χ3v) is 5.26. The van der Waals surface area contributed by atoms with Crippen molar-refractivity contribution in [1.82, 2.24) is 4.72 Å². The zero-order chi connectivity index (χ0) is 15.7. The van der Waals surface area contributed by atoms with Gasteiger partial charge in [-0.2, -0.15) is 0 Å². The van der Waals surface area contributed by atoms with Gasteiger partial charge in [-0.1, -0.05) is 35.3 Å². The van der Waals surface area contributed by atoms with Crippen LogP contribution < -0.4 is 4.72 Å². The lowest BCUT2D eigenvalue weighted by atomic mass is 9.96. The molecular weight excluding hydrogens is 329 g/mol. The number of rotatable bonds is 4. The number of sulfonamides is 1. The van der Waals surface area contributed by atoms with Crippen LogP contribution in [0.25, 0.3) is 0 Å². The van der Waals surface area contributed by atoms with E-state index in [-0.39, 0.29) is 4.90 Å². The van der Waals surface area contributed by atoms with Crippen molar-refractivity contribution < 1.29 is 8.42 Å². The van der Waals surface area contributed by atoms with E-state index >= 15 is 0 Å². The standard InChI is InChI=1S/C15H15Cl2NO2S/c1-15(2,11-3-5-12(16)6-4-11)18-21(19,20)14-9-7-13(17)8-10-14/h3-10,18H,1-2H3. The van der Waals surface area contributed by atoms with Crippen LogP contribution in [0.5, 0.6) is 0 Å². The summed E-state index contributed by atoms with van der Waals surface area (Å²) in [5, 5.41) is 1.10. The van der Waals surface area contributed by atoms with Crippen LogP contribution in [-0.4, -0.2) is 8.42 Å². The first-order valence-corrected chi connectivity index (χ1v) is 8.50. The van der Waals surface area contributed by atoms with Gasteiger partial charge in [0.15, 0.2) is 0 Å². The number of hydrogen-bond donors (Lipinski definition) is 1. The summed E-state index contributed by atoms with van der Waals surface area (Å²) in [6.07, 6.45) is 0. The minimum atomic E-state index is -3.63. The molecule has 0 aliphatic carbocycles. The Kier molecular flexibility index (Phi) is 4.63. The van der Waals surface area contributed by atoms with Gasteiger partial charge in [-0.25, -0.2) is 13.1 Å². The monoisotopic (exact) mass is 343 g/mol. The summed E-state index contributed by atoms with van der Waals surface area (Å²) in [5.74, 6) is 0. The first-order valence-electron chi connectivity index (χ1n) is 6.26. The van der Waals surface area contributed by atoms with Crippen LogP contribution in [0.4, 0.5) is 0 Å². The average Bonchev–Trinajstić information content (AvgIpc) is 2.38. The molecule has 0 saturated heterocycles. The molecule has 2 aromatic rings. The van der Waals surface area contributed by atoms with Crippen LogP contribution in [-0.2, 0) is 15.6 Å². The van der Waals surface area contributed by atoms with E-state index < -0.39 is 15.6 Å². The molecular formula is C15H15Cl2NO2S. The van der Waals surface area contributed by atoms with Crippen molar-refractivity contribution in [1.29, 1.82) is 0 Å². The molecule has 112 valence electrons. The fourth-order valence-electron chi connectivity index (χ4n) is 1.93. The minimum absolute atomic E-state index is 0.175. The fourth-order valence-corrected chi connectivity index (χ4v) is 3.59. The van der Waals surface area contributed by atoms with Gasteiger partial charge in [-0.15, -0.1) is 0 Å². The smallest absolute Gasteiger partial charge is 0.207 e. The number of hydrogen-bond acceptors (Lipinski definition) is 2. The van der Waals surface area contributed by atoms with Crippen molar-refractivity contribution in [3.05, 3.63) is 64.1 Å². The van der Waals surface area contributed by atoms with Crippen LogP contribution >= 0.6 is 23.2 Å². The predicted molar refractivity (Wildman–Crippen MR) is 86.3 cm³/mol. The zero-order valence-electron chi connectivity index (χ0n) is 11.6. The van der Waals surface area contributed by atoms with Crippen LogP contribution in [0.2, 0.25) is 10.0 Å². The minimum Gasteiger partial charge on any atom is -0.207 e. The average molecular weight is 344 g/mol. The Morgan fingerprint density at radius 2 is 1.29 bits per heavy atom. The molecule has 0 amide bonds. The molecule has 6 heteroatoms. The van der Waals surface area contributed by atoms with Gasteiger partial charge < -0.3 is 0 Å². The predicted octanol–water partition coefficient (Wildman–Crippen LogP) is 4.21. The van der Waals surface area contributed by atoms with Crippen molar-refractivity contribution >= 4 is 33.2 Å². The van der Waals surface area contributed by atoms with Gasteiger partial charge in [0.05, 0.1) is 10.4 Å². The lowest BCUT2D eigenvalue weighted by molar-refractivity contribution is 0.472. The maximum Gasteiger partial charge on any atom is 0.241 e. The highest BCUT2D eigenvalue weighted by Gasteiger charge is 2.27. The third kappa shape index (κ3) is 3.98. The van der Waals surface area contributed by atoms with Crippen molar-refractivity contribution in [2.75, 3.05) is 0 Å². The molecule has 0 aliphatic heterocycles. The molecule has 0 aromatic heterocycles. The molecule has 0 spiro atoms. The number of benzene rings is 2. The quantitative estimate of drug-likeness (QED) is 0.903. The third-order valence-electron chi connectivity index (χ3n) is 3.08. The van der Waals surface area contributed by atoms with Gasteiger partial charge in [0.2, 0.25) is 10.0 Å². The Morgan fingerprint density at radius 1 is 0.857 bits per heavy atom. The largest absolute Gasteiger partial charge is 0.241 e. The first-order chi connectivity index (χ1) is 9.71. The molecule has 0 heterocycles. The maximum atomic E-state index is 12.4. The molecule has 0 radical (unpaired) electrons. The SMILES string of the molecule is CC(C)(NS(=O)(=O)c1ccc(Cl)cc1)c1ccc(Cl)cc1. The summed E-state index contributed by atoms with van der Waals surface area (Å²) in [4.78, 5) is 0.175. The van der Waals surface area contributed by atoms with E-state index in [0.29, 0.717) is 10.0 Å². The summed E-state index contributed by atoms with van der Waals surface area (Å²) < 4.78 is 27.5. The highest BCUT2D eigenvalue weighted by Crippen LogP contribution is 2.25. The van der Waals surface area contributed by atoms with Gasteiger partial charge in [-0.05, 0) is 55.8 Å². The molecule has 3 nitrogen and oxygen atoms in total. The molecule has 0 atom stereocenters. The Bertz CT molecular complexity index is 723. The summed E-state index contributed by atoms with van der Waals surface area (Å²) in [6.45, 7) is 3.59. The lowest BCUT2D eigenvalue weighted by Crippen LogP contribution is -2.40. The molecule has 0 saturated carbocycles. The van der Waals surface area contributed by atoms with Crippen molar-refractivity contribution in [3.8, 4) is 0 Å². The van der Waals surface area contributed by atoms with E-state index in [1.807, 2.05) is 0 Å². The van der Waals surface area contributed by atoms with E-state index in [1.165, 1.54) is 12.1 Å². The van der Waals surface area contributed by atoms with Gasteiger partial charge in [-0.3, -0.25) is 0 Å². The first kappa shape index (κ1) is 16.3. The van der Waals surface area contributed by atoms with Crippen LogP contribution in [0.15, 0.2) is 53.4 Å². The fraction of sp³-hybridized carbons (Fsp3) is 0.200. The second-order valence-electron chi connectivity index (χ2n) is 5.19. The van der Waals surface area contributed by atoms with Crippen LogP contribution in [0.3, 0.4) is 0 Å². The Balaban J connectivity index is 2.30. The molecule has 21 heavy (non-hydrogen) atoms. The summed E-state index contributed by atoms with van der Waals surface area (Å²) >= 11 is 11.6. The summed E-state index contributed by atoms with van der Waals surface area (Å²) in [6, 6.07) is 13.1. The molecule has 0 aliphatic rings. The summed E-state index contributed by atoms with van der Waals surface area (Å²) in [7, 11) is -3.63. The molecule has 0 unspecified atom stereocenters. The van der Waals surface area contributed by atoms with E-state index in [1.54, 1.807) is 50.2 Å². The highest BCUT2D eigenvalue weighted by molar-refractivity contribution is 7.89. The van der Waals surface area contributed by atoms with Gasteiger partial charge in [0.25, 0.3) is 0 Å². The molecule has 2 aromatic carbocycles. The molecule has 2 rings (SSSR count). The van der Waals surface area contributed by atoms with E-state index in [0.717, 1.165) is 5.56 Å². The Morgan fingerprint density at radius 3 is 1.76 bits per heavy atom. The molecule has 0 bridgehead atoms. The van der Waals surface area contributed by atoms with Crippen molar-refractivity contribution in [2.24, 2.45) is 0 Å². The van der Waals surface area contributed by atoms with E-state index in [9.17, 15) is 8.42 Å². The van der Waals surface area contributed by atoms with Crippen molar-refractivity contribution in [3.63, 3.8) is 0 Å². The van der Waals surface area contributed by atoms with Gasteiger partial charge in [0.1, 0.15) is 0 Å². The Labute approximate surface area is 135 Å². The van der Waals surface area contributed by atoms with Gasteiger partial charge in [0, 0.05) is 10.0 Å². The Hall–Kier alpha value is -1.07. The normalized spacial score (nSPS) is 12.4. The van der Waals surface area contributed by atoms with E-state index in [2.05, 4.69) is 4.72 Å². The molecule has 1 N–H and O–H groups in total.